The van der Waals surface area contributed by atoms with Crippen molar-refractivity contribution in [2.75, 3.05) is 22.9 Å². The number of para-hydroxylation sites is 2. The van der Waals surface area contributed by atoms with Gasteiger partial charge in [-0.1, -0.05) is 36.4 Å². The SMILES string of the molecule is O=C(C1CCC(C(=O)N2CCCc3ccccc32)CC1)N1CCCc2ccccc21. The molecule has 5 rings (SSSR count). The molecule has 2 aromatic carbocycles. The van der Waals surface area contributed by atoms with Crippen LogP contribution in [-0.4, -0.2) is 24.9 Å². The number of benzene rings is 2. The standard InChI is InChI=1S/C26H30N2O2/c29-25(27-17-5-9-19-7-1-3-11-23(19)27)21-13-15-22(16-14-21)26(30)28-18-6-10-20-8-2-4-12-24(20)28/h1-4,7-8,11-12,21-22H,5-6,9-10,13-18H2. The topological polar surface area (TPSA) is 40.6 Å². The maximum absolute atomic E-state index is 13.3. The van der Waals surface area contributed by atoms with Crippen molar-refractivity contribution in [1.29, 1.82) is 0 Å². The molecule has 1 aliphatic carbocycles. The highest BCUT2D eigenvalue weighted by molar-refractivity contribution is 5.98. The fourth-order valence-electron chi connectivity index (χ4n) is 5.55. The zero-order valence-corrected chi connectivity index (χ0v) is 17.6. The Labute approximate surface area is 178 Å². The fourth-order valence-corrected chi connectivity index (χ4v) is 5.55. The molecule has 2 aromatic rings. The maximum atomic E-state index is 13.3. The van der Waals surface area contributed by atoms with Crippen molar-refractivity contribution in [1.82, 2.24) is 0 Å². The van der Waals surface area contributed by atoms with E-state index in [1.165, 1.54) is 11.1 Å². The van der Waals surface area contributed by atoms with E-state index in [9.17, 15) is 9.59 Å². The van der Waals surface area contributed by atoms with Crippen molar-refractivity contribution < 1.29 is 9.59 Å². The molecule has 0 N–H and O–H groups in total. The van der Waals surface area contributed by atoms with E-state index in [4.69, 9.17) is 0 Å². The first-order chi connectivity index (χ1) is 14.7. The number of fused-ring (bicyclic) bond motifs is 2. The maximum Gasteiger partial charge on any atom is 0.230 e. The van der Waals surface area contributed by atoms with Crippen LogP contribution >= 0.6 is 0 Å². The predicted octanol–water partition coefficient (Wildman–Crippen LogP) is 4.75. The van der Waals surface area contributed by atoms with Crippen molar-refractivity contribution >= 4 is 23.2 Å². The monoisotopic (exact) mass is 402 g/mol. The number of nitrogens with zero attached hydrogens (tertiary/aromatic N) is 2. The highest BCUT2D eigenvalue weighted by Gasteiger charge is 2.36. The highest BCUT2D eigenvalue weighted by Crippen LogP contribution is 2.36. The van der Waals surface area contributed by atoms with Gasteiger partial charge in [-0.15, -0.1) is 0 Å². The predicted molar refractivity (Wildman–Crippen MR) is 120 cm³/mol. The molecule has 0 radical (unpaired) electrons. The summed E-state index contributed by atoms with van der Waals surface area (Å²) in [5.41, 5.74) is 4.75. The third-order valence-corrected chi connectivity index (χ3v) is 7.18. The van der Waals surface area contributed by atoms with Gasteiger partial charge in [0.1, 0.15) is 0 Å². The van der Waals surface area contributed by atoms with Gasteiger partial charge < -0.3 is 9.80 Å². The van der Waals surface area contributed by atoms with E-state index in [0.29, 0.717) is 0 Å². The lowest BCUT2D eigenvalue weighted by molar-refractivity contribution is -0.127. The third-order valence-electron chi connectivity index (χ3n) is 7.18. The normalized spacial score (nSPS) is 23.5. The Morgan fingerprint density at radius 1 is 0.633 bits per heavy atom. The summed E-state index contributed by atoms with van der Waals surface area (Å²) in [4.78, 5) is 30.6. The van der Waals surface area contributed by atoms with E-state index in [0.717, 1.165) is 75.8 Å². The zero-order chi connectivity index (χ0) is 20.5. The van der Waals surface area contributed by atoms with E-state index >= 15 is 0 Å². The lowest BCUT2D eigenvalue weighted by Crippen LogP contribution is -2.44. The van der Waals surface area contributed by atoms with Gasteiger partial charge in [0.15, 0.2) is 0 Å². The molecule has 0 bridgehead atoms. The number of hydrogen-bond acceptors (Lipinski definition) is 2. The summed E-state index contributed by atoms with van der Waals surface area (Å²) in [5, 5.41) is 0. The summed E-state index contributed by atoms with van der Waals surface area (Å²) >= 11 is 0. The second kappa shape index (κ2) is 8.25. The zero-order valence-electron chi connectivity index (χ0n) is 17.6. The summed E-state index contributed by atoms with van der Waals surface area (Å²) in [6, 6.07) is 16.6. The summed E-state index contributed by atoms with van der Waals surface area (Å²) in [7, 11) is 0. The average molecular weight is 403 g/mol. The van der Waals surface area contributed by atoms with Crippen molar-refractivity contribution in [3.63, 3.8) is 0 Å². The molecular formula is C26H30N2O2. The Bertz CT molecular complexity index is 868. The van der Waals surface area contributed by atoms with Crippen molar-refractivity contribution in [2.45, 2.75) is 51.4 Å². The van der Waals surface area contributed by atoms with Crippen LogP contribution in [0.1, 0.15) is 49.7 Å². The van der Waals surface area contributed by atoms with Gasteiger partial charge in [0.2, 0.25) is 11.8 Å². The van der Waals surface area contributed by atoms with Crippen LogP contribution < -0.4 is 9.80 Å². The summed E-state index contributed by atoms with van der Waals surface area (Å²) in [6.45, 7) is 1.64. The van der Waals surface area contributed by atoms with Gasteiger partial charge in [0.05, 0.1) is 0 Å². The molecule has 1 saturated carbocycles. The molecule has 0 saturated heterocycles. The molecule has 0 unspecified atom stereocenters. The number of rotatable bonds is 2. The molecule has 4 nitrogen and oxygen atoms in total. The smallest absolute Gasteiger partial charge is 0.230 e. The van der Waals surface area contributed by atoms with Crippen molar-refractivity contribution in [2.24, 2.45) is 11.8 Å². The average Bonchev–Trinajstić information content (AvgIpc) is 2.82. The number of carbonyl (C=O) groups excluding carboxylic acids is 2. The number of amides is 2. The highest BCUT2D eigenvalue weighted by atomic mass is 16.2. The third kappa shape index (κ3) is 3.53. The summed E-state index contributed by atoms with van der Waals surface area (Å²) < 4.78 is 0. The lowest BCUT2D eigenvalue weighted by Gasteiger charge is -2.37. The van der Waals surface area contributed by atoms with Gasteiger partial charge in [-0.2, -0.15) is 0 Å². The van der Waals surface area contributed by atoms with Crippen LogP contribution in [0.5, 0.6) is 0 Å². The van der Waals surface area contributed by atoms with Gasteiger partial charge in [-0.3, -0.25) is 9.59 Å². The minimum Gasteiger partial charge on any atom is -0.312 e. The number of hydrogen-bond donors (Lipinski definition) is 0. The van der Waals surface area contributed by atoms with Gasteiger partial charge in [-0.05, 0) is 74.6 Å². The Kier molecular flexibility index (Phi) is 5.32. The van der Waals surface area contributed by atoms with Crippen LogP contribution in [0.25, 0.3) is 0 Å². The van der Waals surface area contributed by atoms with Gasteiger partial charge >= 0.3 is 0 Å². The first kappa shape index (κ1) is 19.3. The largest absolute Gasteiger partial charge is 0.312 e. The molecule has 0 aromatic heterocycles. The molecule has 0 spiro atoms. The molecule has 156 valence electrons. The Hall–Kier alpha value is -2.62. The van der Waals surface area contributed by atoms with E-state index in [2.05, 4.69) is 36.4 Å². The molecule has 4 heteroatoms. The molecule has 1 fully saturated rings. The fraction of sp³-hybridized carbons (Fsp3) is 0.462. The lowest BCUT2D eigenvalue weighted by atomic mass is 9.80. The van der Waals surface area contributed by atoms with Crippen LogP contribution in [0, 0.1) is 11.8 Å². The second-order valence-electron chi connectivity index (χ2n) is 8.99. The van der Waals surface area contributed by atoms with Crippen LogP contribution in [0.15, 0.2) is 48.5 Å². The van der Waals surface area contributed by atoms with E-state index < -0.39 is 0 Å². The summed E-state index contributed by atoms with van der Waals surface area (Å²) in [6.07, 6.45) is 7.46. The molecular weight excluding hydrogens is 372 g/mol. The van der Waals surface area contributed by atoms with Crippen molar-refractivity contribution in [3.05, 3.63) is 59.7 Å². The second-order valence-corrected chi connectivity index (χ2v) is 8.99. The Morgan fingerprint density at radius 2 is 1.03 bits per heavy atom. The molecule has 2 amide bonds. The number of anilines is 2. The minimum absolute atomic E-state index is 0.0499. The van der Waals surface area contributed by atoms with Gasteiger partial charge in [-0.25, -0.2) is 0 Å². The first-order valence-corrected chi connectivity index (χ1v) is 11.5. The molecule has 2 aliphatic heterocycles. The minimum atomic E-state index is 0.0499. The van der Waals surface area contributed by atoms with Gasteiger partial charge in [0, 0.05) is 36.3 Å². The number of carbonyl (C=O) groups is 2. The van der Waals surface area contributed by atoms with Crippen LogP contribution in [0.2, 0.25) is 0 Å². The van der Waals surface area contributed by atoms with Crippen LogP contribution in [0.3, 0.4) is 0 Å². The summed E-state index contributed by atoms with van der Waals surface area (Å²) in [5.74, 6) is 0.621. The van der Waals surface area contributed by atoms with Crippen molar-refractivity contribution in [3.8, 4) is 0 Å². The first-order valence-electron chi connectivity index (χ1n) is 11.5. The van der Waals surface area contributed by atoms with E-state index in [-0.39, 0.29) is 23.7 Å². The molecule has 0 atom stereocenters. The van der Waals surface area contributed by atoms with Gasteiger partial charge in [0.25, 0.3) is 0 Å². The van der Waals surface area contributed by atoms with Crippen LogP contribution in [0.4, 0.5) is 11.4 Å². The van der Waals surface area contributed by atoms with Crippen LogP contribution in [-0.2, 0) is 22.4 Å². The molecule has 2 heterocycles. The Balaban J connectivity index is 1.24. The van der Waals surface area contributed by atoms with E-state index in [1.54, 1.807) is 0 Å². The quantitative estimate of drug-likeness (QED) is 0.727. The molecule has 30 heavy (non-hydrogen) atoms. The molecule has 3 aliphatic rings. The number of aryl methyl sites for hydroxylation is 2. The van der Waals surface area contributed by atoms with E-state index in [1.807, 2.05) is 21.9 Å². The Morgan fingerprint density at radius 3 is 1.47 bits per heavy atom.